The van der Waals surface area contributed by atoms with E-state index in [4.69, 9.17) is 9.47 Å². The maximum absolute atomic E-state index is 6.23. The lowest BCUT2D eigenvalue weighted by Gasteiger charge is -2.42. The molecule has 0 bridgehead atoms. The molecule has 3 nitrogen and oxygen atoms in total. The van der Waals surface area contributed by atoms with Gasteiger partial charge in [-0.2, -0.15) is 0 Å². The number of benzene rings is 1. The first-order valence-corrected chi connectivity index (χ1v) is 7.64. The van der Waals surface area contributed by atoms with E-state index in [1.54, 1.807) is 7.11 Å². The molecule has 112 valence electrons. The Labute approximate surface area is 122 Å². The van der Waals surface area contributed by atoms with Crippen molar-refractivity contribution in [1.82, 2.24) is 5.32 Å². The largest absolute Gasteiger partial charge is 0.497 e. The summed E-state index contributed by atoms with van der Waals surface area (Å²) in [6.07, 6.45) is 4.80. The van der Waals surface area contributed by atoms with Gasteiger partial charge in [0.2, 0.25) is 0 Å². The Morgan fingerprint density at radius 2 is 1.90 bits per heavy atom. The van der Waals surface area contributed by atoms with Crippen LogP contribution < -0.4 is 10.1 Å². The van der Waals surface area contributed by atoms with Crippen molar-refractivity contribution in [2.45, 2.75) is 57.8 Å². The fraction of sp³-hybridized carbons (Fsp3) is 0.647. The van der Waals surface area contributed by atoms with Crippen molar-refractivity contribution in [2.75, 3.05) is 13.7 Å². The minimum Gasteiger partial charge on any atom is -0.497 e. The van der Waals surface area contributed by atoms with Gasteiger partial charge in [0.05, 0.1) is 19.3 Å². The zero-order valence-corrected chi connectivity index (χ0v) is 12.9. The number of rotatable bonds is 8. The summed E-state index contributed by atoms with van der Waals surface area (Å²) in [5, 5.41) is 3.49. The Morgan fingerprint density at radius 3 is 2.40 bits per heavy atom. The third-order valence-corrected chi connectivity index (χ3v) is 4.10. The number of ether oxygens (including phenoxy) is 2. The molecule has 1 aromatic rings. The van der Waals surface area contributed by atoms with Gasteiger partial charge in [-0.25, -0.2) is 0 Å². The fourth-order valence-electron chi connectivity index (χ4n) is 2.58. The normalized spacial score (nSPS) is 17.0. The van der Waals surface area contributed by atoms with Crippen LogP contribution in [-0.4, -0.2) is 25.3 Å². The Hall–Kier alpha value is -1.06. The molecule has 1 aliphatic carbocycles. The lowest BCUT2D eigenvalue weighted by molar-refractivity contribution is -0.114. The minimum atomic E-state index is 0.113. The summed E-state index contributed by atoms with van der Waals surface area (Å²) in [7, 11) is 1.69. The second-order valence-electron chi connectivity index (χ2n) is 6.03. The lowest BCUT2D eigenvalue weighted by Crippen LogP contribution is -2.43. The van der Waals surface area contributed by atoms with Crippen LogP contribution in [0.3, 0.4) is 0 Å². The van der Waals surface area contributed by atoms with Crippen LogP contribution in [0.4, 0.5) is 0 Å². The average Bonchev–Trinajstić information content (AvgIpc) is 2.41. The van der Waals surface area contributed by atoms with Gasteiger partial charge in [-0.15, -0.1) is 0 Å². The molecule has 0 unspecified atom stereocenters. The molecular weight excluding hydrogens is 250 g/mol. The molecule has 0 aliphatic heterocycles. The van der Waals surface area contributed by atoms with Gasteiger partial charge in [0.15, 0.2) is 0 Å². The van der Waals surface area contributed by atoms with Crippen molar-refractivity contribution in [3.8, 4) is 5.75 Å². The van der Waals surface area contributed by atoms with Crippen LogP contribution in [0, 0.1) is 0 Å². The highest BCUT2D eigenvalue weighted by Crippen LogP contribution is 2.39. The molecule has 1 fully saturated rings. The van der Waals surface area contributed by atoms with Crippen molar-refractivity contribution in [1.29, 1.82) is 0 Å². The summed E-state index contributed by atoms with van der Waals surface area (Å²) in [6, 6.07) is 8.70. The van der Waals surface area contributed by atoms with E-state index in [9.17, 15) is 0 Å². The summed E-state index contributed by atoms with van der Waals surface area (Å²) in [6.45, 7) is 6.11. The summed E-state index contributed by atoms with van der Waals surface area (Å²) in [5.74, 6) is 0.897. The van der Waals surface area contributed by atoms with E-state index < -0.39 is 0 Å². The summed E-state index contributed by atoms with van der Waals surface area (Å²) < 4.78 is 11.4. The van der Waals surface area contributed by atoms with E-state index in [2.05, 4.69) is 31.3 Å². The monoisotopic (exact) mass is 277 g/mol. The zero-order chi connectivity index (χ0) is 14.4. The van der Waals surface area contributed by atoms with Crippen molar-refractivity contribution in [3.05, 3.63) is 29.8 Å². The van der Waals surface area contributed by atoms with E-state index in [0.29, 0.717) is 12.6 Å². The van der Waals surface area contributed by atoms with Crippen LogP contribution in [-0.2, 0) is 11.3 Å². The first-order valence-electron chi connectivity index (χ1n) is 7.64. The topological polar surface area (TPSA) is 30.5 Å². The molecule has 0 saturated heterocycles. The molecule has 0 atom stereocenters. The van der Waals surface area contributed by atoms with E-state index >= 15 is 0 Å². The molecule has 1 aromatic carbocycles. The van der Waals surface area contributed by atoms with Gasteiger partial charge in [-0.1, -0.05) is 26.0 Å². The number of methoxy groups -OCH3 is 1. The molecule has 3 heteroatoms. The third kappa shape index (κ3) is 4.22. The molecule has 1 N–H and O–H groups in total. The van der Waals surface area contributed by atoms with E-state index in [1.807, 2.05) is 12.1 Å². The van der Waals surface area contributed by atoms with Crippen LogP contribution in [0.2, 0.25) is 0 Å². The van der Waals surface area contributed by atoms with Gasteiger partial charge in [0.1, 0.15) is 5.75 Å². The summed E-state index contributed by atoms with van der Waals surface area (Å²) in [4.78, 5) is 0. The minimum absolute atomic E-state index is 0.113. The number of hydrogen-bond donors (Lipinski definition) is 1. The van der Waals surface area contributed by atoms with Crippen molar-refractivity contribution >= 4 is 0 Å². The predicted octanol–water partition coefficient (Wildman–Crippen LogP) is 3.52. The van der Waals surface area contributed by atoms with Crippen molar-refractivity contribution < 1.29 is 9.47 Å². The average molecular weight is 277 g/mol. The van der Waals surface area contributed by atoms with Crippen LogP contribution in [0.5, 0.6) is 5.75 Å². The van der Waals surface area contributed by atoms with Gasteiger partial charge in [-0.3, -0.25) is 0 Å². The predicted molar refractivity (Wildman–Crippen MR) is 82.1 cm³/mol. The van der Waals surface area contributed by atoms with Gasteiger partial charge in [0.25, 0.3) is 0 Å². The maximum atomic E-state index is 6.23. The van der Waals surface area contributed by atoms with E-state index in [0.717, 1.165) is 18.7 Å². The Balaban J connectivity index is 1.80. The molecule has 1 saturated carbocycles. The zero-order valence-electron chi connectivity index (χ0n) is 12.9. The molecular formula is C17H27NO2. The lowest BCUT2D eigenvalue weighted by atomic mass is 9.77. The molecule has 0 heterocycles. The second kappa shape index (κ2) is 7.09. The molecule has 2 rings (SSSR count). The van der Waals surface area contributed by atoms with Crippen LogP contribution in [0.1, 0.15) is 45.1 Å². The quantitative estimate of drug-likeness (QED) is 0.788. The maximum Gasteiger partial charge on any atom is 0.118 e. The molecule has 0 amide bonds. The highest BCUT2D eigenvalue weighted by Gasteiger charge is 2.37. The van der Waals surface area contributed by atoms with Crippen molar-refractivity contribution in [2.24, 2.45) is 0 Å². The Morgan fingerprint density at radius 1 is 1.20 bits per heavy atom. The number of nitrogens with one attached hydrogen (secondary N) is 1. The van der Waals surface area contributed by atoms with E-state index in [1.165, 1.54) is 24.8 Å². The molecule has 20 heavy (non-hydrogen) atoms. The molecule has 1 aliphatic rings. The Kier molecular flexibility index (Phi) is 5.44. The van der Waals surface area contributed by atoms with Crippen LogP contribution in [0.15, 0.2) is 24.3 Å². The van der Waals surface area contributed by atoms with Crippen molar-refractivity contribution in [3.63, 3.8) is 0 Å². The van der Waals surface area contributed by atoms with Gasteiger partial charge < -0.3 is 14.8 Å². The van der Waals surface area contributed by atoms with E-state index in [-0.39, 0.29) is 5.60 Å². The summed E-state index contributed by atoms with van der Waals surface area (Å²) >= 11 is 0. The van der Waals surface area contributed by atoms with Gasteiger partial charge in [0, 0.05) is 6.04 Å². The van der Waals surface area contributed by atoms with Crippen LogP contribution >= 0.6 is 0 Å². The van der Waals surface area contributed by atoms with Gasteiger partial charge >= 0.3 is 0 Å². The molecule has 0 spiro atoms. The smallest absolute Gasteiger partial charge is 0.118 e. The van der Waals surface area contributed by atoms with Gasteiger partial charge in [-0.05, 0) is 49.9 Å². The second-order valence-corrected chi connectivity index (χ2v) is 6.03. The third-order valence-electron chi connectivity index (χ3n) is 4.10. The molecule has 0 radical (unpaired) electrons. The first kappa shape index (κ1) is 15.3. The highest BCUT2D eigenvalue weighted by atomic mass is 16.5. The molecule has 0 aromatic heterocycles. The fourth-order valence-corrected chi connectivity index (χ4v) is 2.58. The van der Waals surface area contributed by atoms with Crippen LogP contribution in [0.25, 0.3) is 0 Å². The Bertz CT molecular complexity index is 396. The standard InChI is InChI=1S/C17H27NO2/c1-14(2)18-12-11-17(9-4-10-17)20-13-15-5-7-16(19-3)8-6-15/h5-8,14,18H,4,9-13H2,1-3H3. The highest BCUT2D eigenvalue weighted by molar-refractivity contribution is 5.26. The SMILES string of the molecule is COc1ccc(COC2(CCNC(C)C)CCC2)cc1. The summed E-state index contributed by atoms with van der Waals surface area (Å²) in [5.41, 5.74) is 1.33. The number of hydrogen-bond acceptors (Lipinski definition) is 3. The first-order chi connectivity index (χ1) is 9.63.